The van der Waals surface area contributed by atoms with Gasteiger partial charge in [-0.2, -0.15) is 4.31 Å². The van der Waals surface area contributed by atoms with E-state index in [2.05, 4.69) is 35.0 Å². The zero-order valence-corrected chi connectivity index (χ0v) is 20.7. The molecule has 188 valence electrons. The maximum Gasteiger partial charge on any atom is 0.275 e. The van der Waals surface area contributed by atoms with E-state index in [0.717, 1.165) is 42.8 Å². The molecule has 0 unspecified atom stereocenters. The zero-order valence-electron chi connectivity index (χ0n) is 19.9. The van der Waals surface area contributed by atoms with Crippen molar-refractivity contribution in [2.45, 2.75) is 43.8 Å². The van der Waals surface area contributed by atoms with Crippen molar-refractivity contribution in [2.24, 2.45) is 0 Å². The molecule has 0 atom stereocenters. The molecular formula is C25H24N8O3S. The topological polar surface area (TPSA) is 136 Å². The van der Waals surface area contributed by atoms with Crippen molar-refractivity contribution in [3.05, 3.63) is 77.5 Å². The first kappa shape index (κ1) is 23.4. The molecule has 0 aliphatic carbocycles. The van der Waals surface area contributed by atoms with Crippen molar-refractivity contribution < 1.29 is 13.2 Å². The van der Waals surface area contributed by atoms with Gasteiger partial charge < -0.3 is 9.88 Å². The van der Waals surface area contributed by atoms with Gasteiger partial charge in [0, 0.05) is 38.4 Å². The van der Waals surface area contributed by atoms with Crippen LogP contribution in [0.3, 0.4) is 0 Å². The van der Waals surface area contributed by atoms with Gasteiger partial charge in [0.15, 0.2) is 10.9 Å². The second kappa shape index (κ2) is 9.45. The molecular weight excluding hydrogens is 492 g/mol. The SMILES string of the molecule is O=C(Nc1cccc(-c2nnc3n2CCCC3)n1)c1cc2c(cn1)CCN(S(=O)(=O)c1ccccn1)C2. The summed E-state index contributed by atoms with van der Waals surface area (Å²) in [6.07, 6.45) is 6.66. The summed E-state index contributed by atoms with van der Waals surface area (Å²) in [5.41, 5.74) is 2.47. The maximum atomic E-state index is 13.0. The van der Waals surface area contributed by atoms with Gasteiger partial charge in [-0.1, -0.05) is 12.1 Å². The fraction of sp³-hybridized carbons (Fsp3) is 0.280. The number of rotatable bonds is 5. The molecule has 12 heteroatoms. The monoisotopic (exact) mass is 516 g/mol. The molecule has 0 bridgehead atoms. The third kappa shape index (κ3) is 4.49. The molecule has 0 spiro atoms. The zero-order chi connectivity index (χ0) is 25.4. The lowest BCUT2D eigenvalue weighted by atomic mass is 10.0. The number of hydrogen-bond acceptors (Lipinski definition) is 8. The average molecular weight is 517 g/mol. The first-order valence-corrected chi connectivity index (χ1v) is 13.5. The molecule has 11 nitrogen and oxygen atoms in total. The van der Waals surface area contributed by atoms with Crippen molar-refractivity contribution >= 4 is 21.7 Å². The molecule has 0 aromatic carbocycles. The number of sulfonamides is 1. The highest BCUT2D eigenvalue weighted by molar-refractivity contribution is 7.89. The number of aryl methyl sites for hydroxylation is 1. The van der Waals surface area contributed by atoms with E-state index in [0.29, 0.717) is 30.3 Å². The Morgan fingerprint density at radius 1 is 0.946 bits per heavy atom. The highest BCUT2D eigenvalue weighted by Gasteiger charge is 2.30. The Labute approximate surface area is 213 Å². The van der Waals surface area contributed by atoms with Gasteiger partial charge in [-0.15, -0.1) is 10.2 Å². The molecule has 1 N–H and O–H groups in total. The summed E-state index contributed by atoms with van der Waals surface area (Å²) in [6.45, 7) is 1.31. The molecule has 0 saturated heterocycles. The van der Waals surface area contributed by atoms with Crippen LogP contribution in [-0.4, -0.2) is 54.9 Å². The Kier molecular flexibility index (Phi) is 5.97. The van der Waals surface area contributed by atoms with Crippen LogP contribution in [0.15, 0.2) is 59.9 Å². The number of carbonyl (C=O) groups is 1. The average Bonchev–Trinajstić information content (AvgIpc) is 3.37. The van der Waals surface area contributed by atoms with Gasteiger partial charge in [0.25, 0.3) is 15.9 Å². The van der Waals surface area contributed by atoms with Gasteiger partial charge in [0.05, 0.1) is 0 Å². The van der Waals surface area contributed by atoms with Crippen LogP contribution in [0.5, 0.6) is 0 Å². The third-order valence-electron chi connectivity index (χ3n) is 6.61. The van der Waals surface area contributed by atoms with Crippen LogP contribution in [0.25, 0.3) is 11.5 Å². The number of nitrogens with zero attached hydrogens (tertiary/aromatic N) is 7. The highest BCUT2D eigenvalue weighted by Crippen LogP contribution is 2.25. The summed E-state index contributed by atoms with van der Waals surface area (Å²) in [5.74, 6) is 1.58. The molecule has 4 aromatic heterocycles. The molecule has 0 fully saturated rings. The third-order valence-corrected chi connectivity index (χ3v) is 8.38. The van der Waals surface area contributed by atoms with E-state index < -0.39 is 15.9 Å². The van der Waals surface area contributed by atoms with Crippen LogP contribution in [0.2, 0.25) is 0 Å². The van der Waals surface area contributed by atoms with Crippen LogP contribution in [0.1, 0.15) is 40.3 Å². The lowest BCUT2D eigenvalue weighted by Crippen LogP contribution is -2.36. The van der Waals surface area contributed by atoms with Gasteiger partial charge in [0.1, 0.15) is 23.0 Å². The minimum absolute atomic E-state index is 0.00497. The first-order valence-electron chi connectivity index (χ1n) is 12.1. The summed E-state index contributed by atoms with van der Waals surface area (Å²) in [4.78, 5) is 25.9. The van der Waals surface area contributed by atoms with Crippen molar-refractivity contribution in [1.82, 2.24) is 34.0 Å². The van der Waals surface area contributed by atoms with Gasteiger partial charge in [-0.25, -0.2) is 18.4 Å². The number of nitrogens with one attached hydrogen (secondary N) is 1. The molecule has 0 radical (unpaired) electrons. The van der Waals surface area contributed by atoms with E-state index in [4.69, 9.17) is 0 Å². The van der Waals surface area contributed by atoms with E-state index in [1.165, 1.54) is 16.6 Å². The second-order valence-corrected chi connectivity index (χ2v) is 10.9. The van der Waals surface area contributed by atoms with Gasteiger partial charge >= 0.3 is 0 Å². The van der Waals surface area contributed by atoms with E-state index in [1.807, 2.05) is 12.1 Å². The summed E-state index contributed by atoms with van der Waals surface area (Å²) in [5, 5.41) is 11.4. The Morgan fingerprint density at radius 3 is 2.73 bits per heavy atom. The van der Waals surface area contributed by atoms with E-state index in [9.17, 15) is 13.2 Å². The van der Waals surface area contributed by atoms with Crippen molar-refractivity contribution in [1.29, 1.82) is 0 Å². The Balaban J connectivity index is 1.21. The Hall–Kier alpha value is -4.03. The van der Waals surface area contributed by atoms with Crippen molar-refractivity contribution in [3.8, 4) is 11.5 Å². The summed E-state index contributed by atoms with van der Waals surface area (Å²) < 4.78 is 29.5. The van der Waals surface area contributed by atoms with Crippen LogP contribution < -0.4 is 5.32 Å². The number of aromatic nitrogens is 6. The number of carbonyl (C=O) groups excluding carboxylic acids is 1. The van der Waals surface area contributed by atoms with E-state index in [1.54, 1.807) is 30.5 Å². The van der Waals surface area contributed by atoms with Gasteiger partial charge in [-0.3, -0.25) is 9.78 Å². The molecule has 2 aliphatic heterocycles. The number of hydrogen-bond donors (Lipinski definition) is 1. The Bertz CT molecular complexity index is 1590. The minimum Gasteiger partial charge on any atom is -0.310 e. The van der Waals surface area contributed by atoms with E-state index in [-0.39, 0.29) is 17.3 Å². The molecule has 1 amide bonds. The standard InChI is InChI=1S/C25H24N8O3S/c34-25(29-21-7-5-6-19(28-21)24-31-30-22-8-2-4-12-33(22)24)20-14-18-16-32(13-10-17(18)15-27-20)37(35,36)23-9-1-3-11-26-23/h1,3,5-7,9,11,14-15H,2,4,8,10,12-13,16H2,(H,28,29,34). The molecule has 0 saturated carbocycles. The minimum atomic E-state index is -3.74. The fourth-order valence-corrected chi connectivity index (χ4v) is 6.03. The quantitative estimate of drug-likeness (QED) is 0.427. The predicted octanol–water partition coefficient (Wildman–Crippen LogP) is 2.47. The maximum absolute atomic E-state index is 13.0. The number of pyridine rings is 3. The van der Waals surface area contributed by atoms with Crippen LogP contribution in [-0.2, 0) is 36.0 Å². The predicted molar refractivity (Wildman–Crippen MR) is 134 cm³/mol. The lowest BCUT2D eigenvalue weighted by Gasteiger charge is -2.27. The van der Waals surface area contributed by atoms with Gasteiger partial charge in [0.2, 0.25) is 0 Å². The summed E-state index contributed by atoms with van der Waals surface area (Å²) in [7, 11) is -3.74. The summed E-state index contributed by atoms with van der Waals surface area (Å²) in [6, 6.07) is 11.8. The number of anilines is 1. The largest absolute Gasteiger partial charge is 0.310 e. The number of fused-ring (bicyclic) bond motifs is 2. The molecule has 37 heavy (non-hydrogen) atoms. The van der Waals surface area contributed by atoms with Crippen LogP contribution in [0.4, 0.5) is 5.82 Å². The van der Waals surface area contributed by atoms with Gasteiger partial charge in [-0.05, 0) is 60.7 Å². The molecule has 4 aromatic rings. The molecule has 6 rings (SSSR count). The second-order valence-electron chi connectivity index (χ2n) is 9.01. The normalized spacial score (nSPS) is 15.6. The smallest absolute Gasteiger partial charge is 0.275 e. The fourth-order valence-electron chi connectivity index (χ4n) is 4.68. The summed E-state index contributed by atoms with van der Waals surface area (Å²) >= 11 is 0. The Morgan fingerprint density at radius 2 is 1.86 bits per heavy atom. The van der Waals surface area contributed by atoms with Crippen LogP contribution in [0, 0.1) is 0 Å². The first-order chi connectivity index (χ1) is 18.0. The lowest BCUT2D eigenvalue weighted by molar-refractivity contribution is 0.102. The number of amides is 1. The van der Waals surface area contributed by atoms with E-state index >= 15 is 0 Å². The molecule has 2 aliphatic rings. The van der Waals surface area contributed by atoms with Crippen molar-refractivity contribution in [3.63, 3.8) is 0 Å². The van der Waals surface area contributed by atoms with Crippen molar-refractivity contribution in [2.75, 3.05) is 11.9 Å². The highest BCUT2D eigenvalue weighted by atomic mass is 32.2. The molecule has 6 heterocycles. The van der Waals surface area contributed by atoms with Crippen LogP contribution >= 0.6 is 0 Å².